The molecule has 110 valence electrons. The van der Waals surface area contributed by atoms with Gasteiger partial charge in [-0.1, -0.05) is 0 Å². The Morgan fingerprint density at radius 3 is 2.86 bits per heavy atom. The van der Waals surface area contributed by atoms with Crippen molar-refractivity contribution in [2.75, 3.05) is 24.6 Å². The molecule has 4 nitrogen and oxygen atoms in total. The molecule has 1 unspecified atom stereocenters. The van der Waals surface area contributed by atoms with Gasteiger partial charge in [0.1, 0.15) is 17.4 Å². The van der Waals surface area contributed by atoms with E-state index in [0.29, 0.717) is 18.3 Å². The van der Waals surface area contributed by atoms with Crippen molar-refractivity contribution < 1.29 is 9.13 Å². The molecule has 0 N–H and O–H groups in total. The third-order valence-corrected chi connectivity index (χ3v) is 3.69. The summed E-state index contributed by atoms with van der Waals surface area (Å²) in [5.74, 6) is 1.84. The fraction of sp³-hybridized carbons (Fsp3) is 0.375. The van der Waals surface area contributed by atoms with Gasteiger partial charge in [0, 0.05) is 31.4 Å². The Labute approximate surface area is 123 Å². The Balaban J connectivity index is 1.55. The van der Waals surface area contributed by atoms with E-state index in [0.717, 1.165) is 31.7 Å². The smallest absolute Gasteiger partial charge is 0.147 e. The first-order chi connectivity index (χ1) is 10.3. The first-order valence-corrected chi connectivity index (χ1v) is 7.20. The maximum atomic E-state index is 12.8. The van der Waals surface area contributed by atoms with Crippen LogP contribution in [0.1, 0.15) is 12.8 Å². The Kier molecular flexibility index (Phi) is 4.28. The molecule has 1 aromatic heterocycles. The van der Waals surface area contributed by atoms with Crippen molar-refractivity contribution in [3.05, 3.63) is 48.7 Å². The minimum absolute atomic E-state index is 0.242. The van der Waals surface area contributed by atoms with Gasteiger partial charge in [0.05, 0.1) is 12.8 Å². The lowest BCUT2D eigenvalue weighted by Gasteiger charge is -2.33. The molecule has 1 aliphatic rings. The molecule has 1 aliphatic heterocycles. The second-order valence-corrected chi connectivity index (χ2v) is 5.28. The molecule has 2 heterocycles. The van der Waals surface area contributed by atoms with Crippen molar-refractivity contribution >= 4 is 5.82 Å². The van der Waals surface area contributed by atoms with E-state index in [9.17, 15) is 4.39 Å². The zero-order valence-corrected chi connectivity index (χ0v) is 11.8. The highest BCUT2D eigenvalue weighted by Gasteiger charge is 2.21. The lowest BCUT2D eigenvalue weighted by Crippen LogP contribution is -2.38. The number of anilines is 1. The predicted octanol–water partition coefficient (Wildman–Crippen LogP) is 2.91. The normalized spacial score (nSPS) is 18.5. The topological polar surface area (TPSA) is 38.2 Å². The van der Waals surface area contributed by atoms with Crippen molar-refractivity contribution in [1.29, 1.82) is 0 Å². The van der Waals surface area contributed by atoms with Crippen molar-refractivity contribution in [2.45, 2.75) is 12.8 Å². The lowest BCUT2D eigenvalue weighted by atomic mass is 9.99. The number of rotatable bonds is 4. The molecule has 1 saturated heterocycles. The number of hydrogen-bond acceptors (Lipinski definition) is 4. The van der Waals surface area contributed by atoms with E-state index in [1.165, 1.54) is 12.1 Å². The fourth-order valence-electron chi connectivity index (χ4n) is 2.61. The van der Waals surface area contributed by atoms with Gasteiger partial charge in [-0.3, -0.25) is 4.98 Å². The molecular weight excluding hydrogens is 269 g/mol. The summed E-state index contributed by atoms with van der Waals surface area (Å²) in [7, 11) is 0. The summed E-state index contributed by atoms with van der Waals surface area (Å²) in [6.45, 7) is 2.56. The minimum atomic E-state index is -0.242. The van der Waals surface area contributed by atoms with Crippen LogP contribution in [0.15, 0.2) is 42.9 Å². The van der Waals surface area contributed by atoms with Gasteiger partial charge < -0.3 is 9.64 Å². The van der Waals surface area contributed by atoms with E-state index < -0.39 is 0 Å². The van der Waals surface area contributed by atoms with Crippen molar-refractivity contribution in [3.8, 4) is 5.75 Å². The van der Waals surface area contributed by atoms with E-state index in [1.54, 1.807) is 30.7 Å². The zero-order chi connectivity index (χ0) is 14.5. The van der Waals surface area contributed by atoms with Gasteiger partial charge in [-0.2, -0.15) is 0 Å². The maximum absolute atomic E-state index is 12.8. The number of benzene rings is 1. The summed E-state index contributed by atoms with van der Waals surface area (Å²) in [6.07, 6.45) is 7.45. The third-order valence-electron chi connectivity index (χ3n) is 3.69. The van der Waals surface area contributed by atoms with Gasteiger partial charge in [0.15, 0.2) is 0 Å². The van der Waals surface area contributed by atoms with Crippen LogP contribution in [0.2, 0.25) is 0 Å². The summed E-state index contributed by atoms with van der Waals surface area (Å²) >= 11 is 0. The van der Waals surface area contributed by atoms with Gasteiger partial charge >= 0.3 is 0 Å². The Morgan fingerprint density at radius 1 is 1.24 bits per heavy atom. The Hall–Kier alpha value is -2.17. The largest absolute Gasteiger partial charge is 0.493 e. The van der Waals surface area contributed by atoms with E-state index in [2.05, 4.69) is 14.9 Å². The molecule has 3 rings (SSSR count). The third kappa shape index (κ3) is 3.68. The molecule has 0 radical (unpaired) electrons. The zero-order valence-electron chi connectivity index (χ0n) is 11.8. The van der Waals surface area contributed by atoms with E-state index in [1.807, 2.05) is 0 Å². The van der Waals surface area contributed by atoms with E-state index >= 15 is 0 Å². The second kappa shape index (κ2) is 6.52. The SMILES string of the molecule is Fc1ccc(OCC2CCCN(c3cnccn3)C2)cc1. The van der Waals surface area contributed by atoms with Crippen LogP contribution in [0.5, 0.6) is 5.75 Å². The molecule has 0 bridgehead atoms. The summed E-state index contributed by atoms with van der Waals surface area (Å²) in [6, 6.07) is 6.17. The quantitative estimate of drug-likeness (QED) is 0.866. The van der Waals surface area contributed by atoms with Crippen LogP contribution in [0.3, 0.4) is 0 Å². The van der Waals surface area contributed by atoms with Crippen LogP contribution in [-0.4, -0.2) is 29.7 Å². The maximum Gasteiger partial charge on any atom is 0.147 e. The minimum Gasteiger partial charge on any atom is -0.493 e. The number of halogens is 1. The summed E-state index contributed by atoms with van der Waals surface area (Å²) < 4.78 is 18.6. The fourth-order valence-corrected chi connectivity index (χ4v) is 2.61. The van der Waals surface area contributed by atoms with Gasteiger partial charge in [-0.15, -0.1) is 0 Å². The molecule has 0 spiro atoms. The number of piperidine rings is 1. The van der Waals surface area contributed by atoms with Crippen molar-refractivity contribution in [2.24, 2.45) is 5.92 Å². The second-order valence-electron chi connectivity index (χ2n) is 5.28. The van der Waals surface area contributed by atoms with Crippen LogP contribution in [-0.2, 0) is 0 Å². The summed E-state index contributed by atoms with van der Waals surface area (Å²) in [4.78, 5) is 10.7. The average molecular weight is 287 g/mol. The molecular formula is C16H18FN3O. The first-order valence-electron chi connectivity index (χ1n) is 7.20. The summed E-state index contributed by atoms with van der Waals surface area (Å²) in [5.41, 5.74) is 0. The molecule has 1 aromatic carbocycles. The van der Waals surface area contributed by atoms with E-state index in [4.69, 9.17) is 4.74 Å². The monoisotopic (exact) mass is 287 g/mol. The molecule has 0 saturated carbocycles. The number of ether oxygens (including phenoxy) is 1. The van der Waals surface area contributed by atoms with Gasteiger partial charge in [-0.25, -0.2) is 9.37 Å². The molecule has 21 heavy (non-hydrogen) atoms. The molecule has 0 amide bonds. The molecule has 1 atom stereocenters. The van der Waals surface area contributed by atoms with Crippen molar-refractivity contribution in [1.82, 2.24) is 9.97 Å². The van der Waals surface area contributed by atoms with Gasteiger partial charge in [0.2, 0.25) is 0 Å². The van der Waals surface area contributed by atoms with Crippen molar-refractivity contribution in [3.63, 3.8) is 0 Å². The number of aromatic nitrogens is 2. The standard InChI is InChI=1S/C16H18FN3O/c17-14-3-5-15(6-4-14)21-12-13-2-1-9-20(11-13)16-10-18-7-8-19-16/h3-8,10,13H,1-2,9,11-12H2. The Bertz CT molecular complexity index is 561. The van der Waals surface area contributed by atoms with Crippen LogP contribution in [0, 0.1) is 11.7 Å². The van der Waals surface area contributed by atoms with Crippen LogP contribution in [0.25, 0.3) is 0 Å². The first kappa shape index (κ1) is 13.8. The average Bonchev–Trinajstić information content (AvgIpc) is 2.55. The van der Waals surface area contributed by atoms with Crippen LogP contribution >= 0.6 is 0 Å². The van der Waals surface area contributed by atoms with E-state index in [-0.39, 0.29) is 5.82 Å². The highest BCUT2D eigenvalue weighted by atomic mass is 19.1. The lowest BCUT2D eigenvalue weighted by molar-refractivity contribution is 0.228. The molecule has 2 aromatic rings. The number of hydrogen-bond donors (Lipinski definition) is 0. The molecule has 0 aliphatic carbocycles. The Morgan fingerprint density at radius 2 is 2.10 bits per heavy atom. The van der Waals surface area contributed by atoms with Gasteiger partial charge in [-0.05, 0) is 37.1 Å². The predicted molar refractivity (Wildman–Crippen MR) is 78.9 cm³/mol. The van der Waals surface area contributed by atoms with Crippen LogP contribution < -0.4 is 9.64 Å². The summed E-state index contributed by atoms with van der Waals surface area (Å²) in [5, 5.41) is 0. The highest BCUT2D eigenvalue weighted by molar-refractivity contribution is 5.35. The highest BCUT2D eigenvalue weighted by Crippen LogP contribution is 2.22. The van der Waals surface area contributed by atoms with Gasteiger partial charge in [0.25, 0.3) is 0 Å². The van der Waals surface area contributed by atoms with Crippen LogP contribution in [0.4, 0.5) is 10.2 Å². The molecule has 1 fully saturated rings. The number of nitrogens with zero attached hydrogens (tertiary/aromatic N) is 3. The molecule has 5 heteroatoms.